The van der Waals surface area contributed by atoms with E-state index in [9.17, 15) is 12.8 Å². The highest BCUT2D eigenvalue weighted by Crippen LogP contribution is 2.29. The number of hydrogen-bond acceptors (Lipinski definition) is 3. The molecule has 3 nitrogen and oxygen atoms in total. The Morgan fingerprint density at radius 2 is 2.00 bits per heavy atom. The number of halogens is 1. The molecule has 1 fully saturated rings. The summed E-state index contributed by atoms with van der Waals surface area (Å²) in [6.45, 7) is 3.85. The van der Waals surface area contributed by atoms with E-state index in [4.69, 9.17) is 4.74 Å². The number of unbranched alkanes of at least 4 members (excludes halogenated alkanes) is 1. The highest BCUT2D eigenvalue weighted by atomic mass is 32.2. The Morgan fingerprint density at radius 3 is 2.65 bits per heavy atom. The first kappa shape index (κ1) is 18.2. The molecule has 1 atom stereocenters. The third kappa shape index (κ3) is 5.48. The second-order valence-corrected chi connectivity index (χ2v) is 8.81. The lowest BCUT2D eigenvalue weighted by atomic mass is 10.0. The van der Waals surface area contributed by atoms with Crippen molar-refractivity contribution < 1.29 is 17.5 Å². The van der Waals surface area contributed by atoms with Gasteiger partial charge in [0.15, 0.2) is 21.4 Å². The zero-order chi connectivity index (χ0) is 16.9. The Bertz CT molecular complexity index is 607. The second kappa shape index (κ2) is 8.13. The fraction of sp³-hybridized carbons (Fsp3) is 0.667. The van der Waals surface area contributed by atoms with Crippen LogP contribution in [0.2, 0.25) is 0 Å². The summed E-state index contributed by atoms with van der Waals surface area (Å²) in [4.78, 5) is 0. The van der Waals surface area contributed by atoms with Crippen LogP contribution in [0.5, 0.6) is 5.75 Å². The van der Waals surface area contributed by atoms with Gasteiger partial charge in [0.05, 0.1) is 17.6 Å². The van der Waals surface area contributed by atoms with Crippen molar-refractivity contribution in [1.82, 2.24) is 0 Å². The molecule has 130 valence electrons. The lowest BCUT2D eigenvalue weighted by Crippen LogP contribution is -2.17. The molecule has 5 heteroatoms. The van der Waals surface area contributed by atoms with Crippen LogP contribution in [-0.4, -0.2) is 26.0 Å². The van der Waals surface area contributed by atoms with Crippen molar-refractivity contribution in [2.45, 2.75) is 64.4 Å². The molecular formula is C18H27FO3S. The van der Waals surface area contributed by atoms with Gasteiger partial charge >= 0.3 is 0 Å². The van der Waals surface area contributed by atoms with E-state index in [0.29, 0.717) is 6.42 Å². The maximum atomic E-state index is 13.9. The summed E-state index contributed by atoms with van der Waals surface area (Å²) in [6, 6.07) is 4.72. The molecule has 1 aliphatic carbocycles. The predicted octanol–water partition coefficient (Wildman–Crippen LogP) is 4.47. The number of hydrogen-bond donors (Lipinski definition) is 0. The van der Waals surface area contributed by atoms with E-state index in [1.807, 2.05) is 13.8 Å². The van der Waals surface area contributed by atoms with Crippen LogP contribution in [0.3, 0.4) is 0 Å². The van der Waals surface area contributed by atoms with E-state index in [-0.39, 0.29) is 35.1 Å². The van der Waals surface area contributed by atoms with E-state index in [0.717, 1.165) is 37.7 Å². The van der Waals surface area contributed by atoms with Crippen molar-refractivity contribution in [3.63, 3.8) is 0 Å². The van der Waals surface area contributed by atoms with E-state index in [1.54, 1.807) is 12.1 Å². The van der Waals surface area contributed by atoms with Crippen LogP contribution in [0.15, 0.2) is 18.2 Å². The number of benzene rings is 1. The van der Waals surface area contributed by atoms with Gasteiger partial charge in [0.2, 0.25) is 0 Å². The largest absolute Gasteiger partial charge is 0.487 e. The Morgan fingerprint density at radius 1 is 1.30 bits per heavy atom. The summed E-state index contributed by atoms with van der Waals surface area (Å²) in [6.07, 6.45) is 5.81. The van der Waals surface area contributed by atoms with Gasteiger partial charge in [-0.05, 0) is 55.7 Å². The minimum absolute atomic E-state index is 0.0864. The van der Waals surface area contributed by atoms with Gasteiger partial charge in [-0.15, -0.1) is 0 Å². The van der Waals surface area contributed by atoms with Crippen LogP contribution in [0, 0.1) is 5.82 Å². The van der Waals surface area contributed by atoms with E-state index in [2.05, 4.69) is 0 Å². The molecule has 1 aromatic carbocycles. The number of ether oxygens (including phenoxy) is 1. The summed E-state index contributed by atoms with van der Waals surface area (Å²) in [5.74, 6) is 0.0411. The van der Waals surface area contributed by atoms with Gasteiger partial charge in [0.1, 0.15) is 0 Å². The molecule has 1 saturated carbocycles. The lowest BCUT2D eigenvalue weighted by molar-refractivity contribution is 0.200. The van der Waals surface area contributed by atoms with E-state index >= 15 is 0 Å². The van der Waals surface area contributed by atoms with Gasteiger partial charge < -0.3 is 4.74 Å². The molecular weight excluding hydrogens is 315 g/mol. The zero-order valence-corrected chi connectivity index (χ0v) is 14.9. The van der Waals surface area contributed by atoms with Crippen LogP contribution in [0.25, 0.3) is 0 Å². The quantitative estimate of drug-likeness (QED) is 0.700. The molecule has 1 aliphatic rings. The van der Waals surface area contributed by atoms with E-state index in [1.165, 1.54) is 6.07 Å². The molecule has 0 bridgehead atoms. The van der Waals surface area contributed by atoms with Gasteiger partial charge in [0, 0.05) is 0 Å². The van der Waals surface area contributed by atoms with Crippen LogP contribution < -0.4 is 4.74 Å². The maximum Gasteiger partial charge on any atom is 0.165 e. The first-order valence-corrected chi connectivity index (χ1v) is 10.4. The van der Waals surface area contributed by atoms with Crippen molar-refractivity contribution >= 4 is 9.84 Å². The lowest BCUT2D eigenvalue weighted by Gasteiger charge is -2.17. The third-order valence-corrected chi connectivity index (χ3v) is 6.35. The highest BCUT2D eigenvalue weighted by molar-refractivity contribution is 7.91. The standard InChI is InChI=1S/C18H27FO3S/c1-3-4-11-23(20,21)13-14(2)15-9-10-17(19)18(12-15)22-16-7-5-6-8-16/h9-10,12,14,16H,3-8,11,13H2,1-2H3/t14-/m0/s1. The topological polar surface area (TPSA) is 43.4 Å². The van der Waals surface area contributed by atoms with Crippen LogP contribution >= 0.6 is 0 Å². The van der Waals surface area contributed by atoms with Crippen LogP contribution in [0.4, 0.5) is 4.39 Å². The summed E-state index contributed by atoms with van der Waals surface area (Å²) in [5, 5.41) is 0. The first-order chi connectivity index (χ1) is 10.9. The Balaban J connectivity index is 2.06. The molecule has 0 spiro atoms. The smallest absolute Gasteiger partial charge is 0.165 e. The van der Waals surface area contributed by atoms with Gasteiger partial charge in [-0.1, -0.05) is 26.3 Å². The highest BCUT2D eigenvalue weighted by Gasteiger charge is 2.21. The first-order valence-electron chi connectivity index (χ1n) is 8.58. The third-order valence-electron chi connectivity index (χ3n) is 4.43. The fourth-order valence-electron chi connectivity index (χ4n) is 3.03. The van der Waals surface area contributed by atoms with Crippen molar-refractivity contribution in [2.24, 2.45) is 0 Å². The summed E-state index contributed by atoms with van der Waals surface area (Å²) in [7, 11) is -3.07. The molecule has 0 radical (unpaired) electrons. The summed E-state index contributed by atoms with van der Waals surface area (Å²) in [5.41, 5.74) is 0.819. The van der Waals surface area contributed by atoms with Gasteiger partial charge in [-0.25, -0.2) is 12.8 Å². The van der Waals surface area contributed by atoms with Crippen molar-refractivity contribution in [3.05, 3.63) is 29.6 Å². The molecule has 23 heavy (non-hydrogen) atoms. The summed E-state index contributed by atoms with van der Waals surface area (Å²) < 4.78 is 43.9. The second-order valence-electron chi connectivity index (χ2n) is 6.58. The Hall–Kier alpha value is -1.10. The summed E-state index contributed by atoms with van der Waals surface area (Å²) >= 11 is 0. The SMILES string of the molecule is CCCCS(=O)(=O)C[C@H](C)c1ccc(F)c(OC2CCCC2)c1. The molecule has 0 aromatic heterocycles. The molecule has 2 rings (SSSR count). The number of sulfone groups is 1. The normalized spacial score (nSPS) is 17.3. The average molecular weight is 342 g/mol. The average Bonchev–Trinajstić information content (AvgIpc) is 3.00. The van der Waals surface area contributed by atoms with Gasteiger partial charge in [-0.2, -0.15) is 0 Å². The van der Waals surface area contributed by atoms with Crippen molar-refractivity contribution in [2.75, 3.05) is 11.5 Å². The van der Waals surface area contributed by atoms with Crippen molar-refractivity contribution in [1.29, 1.82) is 0 Å². The molecule has 0 N–H and O–H groups in total. The van der Waals surface area contributed by atoms with Gasteiger partial charge in [-0.3, -0.25) is 0 Å². The van der Waals surface area contributed by atoms with Gasteiger partial charge in [0.25, 0.3) is 0 Å². The van der Waals surface area contributed by atoms with Crippen LogP contribution in [0.1, 0.15) is 63.9 Å². The Kier molecular flexibility index (Phi) is 6.45. The molecule has 0 saturated heterocycles. The maximum absolute atomic E-state index is 13.9. The van der Waals surface area contributed by atoms with E-state index < -0.39 is 9.84 Å². The predicted molar refractivity (Wildman–Crippen MR) is 91.3 cm³/mol. The molecule has 0 unspecified atom stereocenters. The minimum atomic E-state index is -3.07. The molecule has 0 aliphatic heterocycles. The fourth-order valence-corrected chi connectivity index (χ4v) is 4.88. The number of rotatable bonds is 8. The molecule has 0 amide bonds. The van der Waals surface area contributed by atoms with Crippen LogP contribution in [-0.2, 0) is 9.84 Å². The monoisotopic (exact) mass is 342 g/mol. The Labute approximate surface area is 139 Å². The minimum Gasteiger partial charge on any atom is -0.487 e. The molecule has 1 aromatic rings. The molecule has 0 heterocycles. The van der Waals surface area contributed by atoms with Crippen molar-refractivity contribution in [3.8, 4) is 5.75 Å². The zero-order valence-electron chi connectivity index (χ0n) is 14.1.